The molecule has 0 aromatic heterocycles. The van der Waals surface area contributed by atoms with Crippen molar-refractivity contribution >= 4 is 12.4 Å². The average Bonchev–Trinajstić information content (AvgIpc) is 2.27. The average molecular weight is 294 g/mol. The molecule has 6 heteroatoms. The number of rotatable bonds is 1. The third kappa shape index (κ3) is 2.35. The second-order valence-corrected chi connectivity index (χ2v) is 5.56. The minimum atomic E-state index is -4.28. The molecule has 0 spiro atoms. The maximum absolute atomic E-state index is 12.5. The van der Waals surface area contributed by atoms with Gasteiger partial charge in [-0.3, -0.25) is 0 Å². The minimum Gasteiger partial charge on any atom is -0.379 e. The number of ether oxygens (including phenoxy) is 1. The summed E-state index contributed by atoms with van der Waals surface area (Å²) in [5, 5.41) is 0. The van der Waals surface area contributed by atoms with Crippen LogP contribution in [0.5, 0.6) is 0 Å². The SMILES string of the molecule is Cl.NC12COCC(c3ccc(C(F)(F)F)cc3)(C1)C2. The summed E-state index contributed by atoms with van der Waals surface area (Å²) in [5.74, 6) is 0. The molecule has 2 bridgehead atoms. The summed E-state index contributed by atoms with van der Waals surface area (Å²) in [6.45, 7) is 1.10. The van der Waals surface area contributed by atoms with E-state index in [1.165, 1.54) is 0 Å². The highest BCUT2D eigenvalue weighted by Crippen LogP contribution is 2.52. The summed E-state index contributed by atoms with van der Waals surface area (Å²) in [6, 6.07) is 5.37. The lowest BCUT2D eigenvalue weighted by molar-refractivity contribution is -0.137. The van der Waals surface area contributed by atoms with Crippen molar-refractivity contribution in [3.63, 3.8) is 0 Å². The van der Waals surface area contributed by atoms with Crippen LogP contribution >= 0.6 is 12.4 Å². The fourth-order valence-electron chi connectivity index (χ4n) is 3.25. The third-order valence-electron chi connectivity index (χ3n) is 3.97. The van der Waals surface area contributed by atoms with Crippen LogP contribution < -0.4 is 5.73 Å². The van der Waals surface area contributed by atoms with Crippen LogP contribution in [0.15, 0.2) is 24.3 Å². The zero-order chi connectivity index (χ0) is 13.0. The van der Waals surface area contributed by atoms with Crippen molar-refractivity contribution in [1.82, 2.24) is 0 Å². The maximum Gasteiger partial charge on any atom is 0.416 e. The molecule has 1 saturated carbocycles. The molecule has 3 fully saturated rings. The van der Waals surface area contributed by atoms with Gasteiger partial charge in [-0.15, -0.1) is 12.4 Å². The van der Waals surface area contributed by atoms with Crippen LogP contribution in [-0.2, 0) is 16.3 Å². The Bertz CT molecular complexity index is 466. The molecule has 2 N–H and O–H groups in total. The highest BCUT2D eigenvalue weighted by atomic mass is 35.5. The molecule has 0 radical (unpaired) electrons. The van der Waals surface area contributed by atoms with Gasteiger partial charge in [-0.05, 0) is 30.5 Å². The van der Waals surface area contributed by atoms with E-state index >= 15 is 0 Å². The van der Waals surface area contributed by atoms with E-state index in [9.17, 15) is 13.2 Å². The lowest BCUT2D eigenvalue weighted by Gasteiger charge is -2.58. The van der Waals surface area contributed by atoms with Crippen molar-refractivity contribution in [2.75, 3.05) is 13.2 Å². The Kier molecular flexibility index (Phi) is 3.36. The number of benzene rings is 1. The molecule has 0 amide bonds. The first-order valence-electron chi connectivity index (χ1n) is 5.88. The van der Waals surface area contributed by atoms with Crippen molar-refractivity contribution in [2.24, 2.45) is 5.73 Å². The van der Waals surface area contributed by atoms with E-state index in [0.29, 0.717) is 13.2 Å². The number of nitrogens with two attached hydrogens (primary N) is 1. The van der Waals surface area contributed by atoms with Gasteiger partial charge in [0.15, 0.2) is 0 Å². The smallest absolute Gasteiger partial charge is 0.379 e. The number of hydrogen-bond acceptors (Lipinski definition) is 2. The molecule has 2 nitrogen and oxygen atoms in total. The Morgan fingerprint density at radius 1 is 1.05 bits per heavy atom. The van der Waals surface area contributed by atoms with Crippen LogP contribution in [0.4, 0.5) is 13.2 Å². The number of alkyl halides is 3. The van der Waals surface area contributed by atoms with Crippen molar-refractivity contribution < 1.29 is 17.9 Å². The molecule has 1 aliphatic carbocycles. The quantitative estimate of drug-likeness (QED) is 0.864. The van der Waals surface area contributed by atoms with E-state index in [0.717, 1.165) is 30.5 Å². The van der Waals surface area contributed by atoms with Gasteiger partial charge >= 0.3 is 6.18 Å². The Labute approximate surface area is 115 Å². The molecule has 2 heterocycles. The number of halogens is 4. The van der Waals surface area contributed by atoms with E-state index < -0.39 is 11.7 Å². The molecule has 1 aromatic carbocycles. The molecule has 3 aliphatic rings. The van der Waals surface area contributed by atoms with E-state index in [-0.39, 0.29) is 23.4 Å². The van der Waals surface area contributed by atoms with Crippen molar-refractivity contribution in [3.8, 4) is 0 Å². The highest BCUT2D eigenvalue weighted by Gasteiger charge is 2.57. The predicted octanol–water partition coefficient (Wildman–Crippen LogP) is 2.89. The summed E-state index contributed by atoms with van der Waals surface area (Å²) in [4.78, 5) is 0. The summed E-state index contributed by atoms with van der Waals surface area (Å²) >= 11 is 0. The summed E-state index contributed by atoms with van der Waals surface area (Å²) < 4.78 is 42.9. The van der Waals surface area contributed by atoms with Gasteiger partial charge < -0.3 is 10.5 Å². The predicted molar refractivity (Wildman–Crippen MR) is 67.3 cm³/mol. The maximum atomic E-state index is 12.5. The Hall–Kier alpha value is -0.780. The first-order valence-corrected chi connectivity index (χ1v) is 5.88. The van der Waals surface area contributed by atoms with Gasteiger partial charge in [0.2, 0.25) is 0 Å². The molecule has 106 valence electrons. The number of fused-ring (bicyclic) bond motifs is 2. The van der Waals surface area contributed by atoms with Crippen LogP contribution in [0.2, 0.25) is 0 Å². The van der Waals surface area contributed by atoms with Crippen LogP contribution in [0.25, 0.3) is 0 Å². The first kappa shape index (κ1) is 14.6. The van der Waals surface area contributed by atoms with Gasteiger partial charge in [-0.2, -0.15) is 13.2 Å². The Balaban J connectivity index is 0.00000133. The zero-order valence-electron chi connectivity index (χ0n) is 10.2. The topological polar surface area (TPSA) is 35.2 Å². The second-order valence-electron chi connectivity index (χ2n) is 5.56. The molecule has 19 heavy (non-hydrogen) atoms. The summed E-state index contributed by atoms with van der Waals surface area (Å²) in [5.41, 5.74) is 5.90. The van der Waals surface area contributed by atoms with Gasteiger partial charge in [0, 0.05) is 11.0 Å². The first-order chi connectivity index (χ1) is 8.33. The van der Waals surface area contributed by atoms with Crippen molar-refractivity contribution in [1.29, 1.82) is 0 Å². The van der Waals surface area contributed by atoms with E-state index in [2.05, 4.69) is 0 Å². The molecule has 4 rings (SSSR count). The summed E-state index contributed by atoms with van der Waals surface area (Å²) in [7, 11) is 0. The van der Waals surface area contributed by atoms with Gasteiger partial charge in [-0.25, -0.2) is 0 Å². The second kappa shape index (κ2) is 4.36. The fraction of sp³-hybridized carbons (Fsp3) is 0.538. The molecule has 2 aliphatic heterocycles. The van der Waals surface area contributed by atoms with E-state index in [1.807, 2.05) is 0 Å². The largest absolute Gasteiger partial charge is 0.416 e. The molecular formula is C13H15ClF3NO. The molecule has 0 atom stereocenters. The fourth-order valence-corrected chi connectivity index (χ4v) is 3.25. The highest BCUT2D eigenvalue weighted by molar-refractivity contribution is 5.85. The Morgan fingerprint density at radius 2 is 1.63 bits per heavy atom. The van der Waals surface area contributed by atoms with Crippen LogP contribution in [0.1, 0.15) is 24.0 Å². The van der Waals surface area contributed by atoms with Crippen molar-refractivity contribution in [2.45, 2.75) is 30.0 Å². The molecule has 0 unspecified atom stereocenters. The molecular weight excluding hydrogens is 279 g/mol. The van der Waals surface area contributed by atoms with Crippen LogP contribution in [0, 0.1) is 0 Å². The van der Waals surface area contributed by atoms with Gasteiger partial charge in [0.25, 0.3) is 0 Å². The lowest BCUT2D eigenvalue weighted by atomic mass is 9.54. The van der Waals surface area contributed by atoms with Gasteiger partial charge in [0.1, 0.15) is 0 Å². The lowest BCUT2D eigenvalue weighted by Crippen LogP contribution is -2.68. The monoisotopic (exact) mass is 293 g/mol. The summed E-state index contributed by atoms with van der Waals surface area (Å²) in [6.07, 6.45) is -2.69. The third-order valence-corrected chi connectivity index (χ3v) is 3.97. The van der Waals surface area contributed by atoms with Gasteiger partial charge in [-0.1, -0.05) is 12.1 Å². The minimum absolute atomic E-state index is 0. The molecule has 2 saturated heterocycles. The number of hydrogen-bond donors (Lipinski definition) is 1. The van der Waals surface area contributed by atoms with Crippen molar-refractivity contribution in [3.05, 3.63) is 35.4 Å². The standard InChI is InChI=1S/C13H14F3NO.ClH/c14-13(15,16)10-3-1-9(2-4-10)11-5-12(17,6-11)8-18-7-11;/h1-4H,5-8,17H2;1H. The van der Waals surface area contributed by atoms with Crippen LogP contribution in [0.3, 0.4) is 0 Å². The Morgan fingerprint density at radius 3 is 2.11 bits per heavy atom. The van der Waals surface area contributed by atoms with Gasteiger partial charge in [0.05, 0.1) is 18.8 Å². The van der Waals surface area contributed by atoms with E-state index in [1.54, 1.807) is 12.1 Å². The van der Waals surface area contributed by atoms with E-state index in [4.69, 9.17) is 10.5 Å². The zero-order valence-corrected chi connectivity index (χ0v) is 11.0. The van der Waals surface area contributed by atoms with Crippen LogP contribution in [-0.4, -0.2) is 18.8 Å². The molecule has 1 aromatic rings. The normalized spacial score (nSPS) is 33.3.